The standard InChI is InChI=1S/C18H10O2S5/c19-16(13-7-3-9-21-13)24-15-11-5-1-2-6-12(11)23-18(15)25-17(20)14-8-4-10-22-14/h1-10H. The van der Waals surface area contributed by atoms with Crippen molar-refractivity contribution in [1.29, 1.82) is 0 Å². The molecule has 0 bridgehead atoms. The SMILES string of the molecule is O=C(Sc1sc2ccccc2c1SC(=O)c1cccs1)c1cccs1. The average Bonchev–Trinajstić information content (AvgIpc) is 3.37. The number of carbonyl (C=O) groups is 2. The van der Waals surface area contributed by atoms with Crippen LogP contribution in [0.2, 0.25) is 0 Å². The van der Waals surface area contributed by atoms with Gasteiger partial charge >= 0.3 is 0 Å². The van der Waals surface area contributed by atoms with Crippen molar-refractivity contribution in [2.24, 2.45) is 0 Å². The zero-order valence-electron chi connectivity index (χ0n) is 12.6. The van der Waals surface area contributed by atoms with Gasteiger partial charge in [0, 0.05) is 15.0 Å². The summed E-state index contributed by atoms with van der Waals surface area (Å²) in [6.07, 6.45) is 0. The van der Waals surface area contributed by atoms with E-state index in [1.807, 2.05) is 59.3 Å². The lowest BCUT2D eigenvalue weighted by atomic mass is 10.3. The van der Waals surface area contributed by atoms with Gasteiger partial charge in [-0.1, -0.05) is 30.3 Å². The Morgan fingerprint density at radius 2 is 1.40 bits per heavy atom. The molecule has 3 heterocycles. The molecule has 0 amide bonds. The normalized spacial score (nSPS) is 11.0. The van der Waals surface area contributed by atoms with Crippen LogP contribution < -0.4 is 0 Å². The topological polar surface area (TPSA) is 34.1 Å². The van der Waals surface area contributed by atoms with Gasteiger partial charge in [-0.3, -0.25) is 9.59 Å². The number of thiophene rings is 3. The zero-order chi connectivity index (χ0) is 17.2. The fourth-order valence-corrected chi connectivity index (χ4v) is 7.20. The Bertz CT molecular complexity index is 1030. The van der Waals surface area contributed by atoms with Crippen LogP contribution in [0.15, 0.2) is 68.4 Å². The first-order chi connectivity index (χ1) is 12.2. The molecule has 7 heteroatoms. The molecule has 2 nitrogen and oxygen atoms in total. The second-order valence-electron chi connectivity index (χ2n) is 4.95. The van der Waals surface area contributed by atoms with Gasteiger partial charge < -0.3 is 0 Å². The molecule has 0 aliphatic carbocycles. The van der Waals surface area contributed by atoms with E-state index in [0.717, 1.165) is 28.9 Å². The molecule has 0 saturated carbocycles. The van der Waals surface area contributed by atoms with Crippen LogP contribution in [0.4, 0.5) is 0 Å². The summed E-state index contributed by atoms with van der Waals surface area (Å²) in [6.45, 7) is 0. The predicted octanol–water partition coefficient (Wildman–Crippen LogP) is 6.89. The molecular formula is C18H10O2S5. The summed E-state index contributed by atoms with van der Waals surface area (Å²) >= 11 is 6.87. The predicted molar refractivity (Wildman–Crippen MR) is 111 cm³/mol. The number of thioether (sulfide) groups is 2. The van der Waals surface area contributed by atoms with Crippen molar-refractivity contribution in [2.45, 2.75) is 9.10 Å². The number of rotatable bonds is 4. The Hall–Kier alpha value is -1.38. The van der Waals surface area contributed by atoms with Gasteiger partial charge in [-0.2, -0.15) is 0 Å². The summed E-state index contributed by atoms with van der Waals surface area (Å²) in [4.78, 5) is 27.4. The molecule has 124 valence electrons. The van der Waals surface area contributed by atoms with Crippen LogP contribution in [-0.2, 0) is 0 Å². The van der Waals surface area contributed by atoms with Crippen molar-refractivity contribution in [1.82, 2.24) is 0 Å². The largest absolute Gasteiger partial charge is 0.280 e. The van der Waals surface area contributed by atoms with Crippen molar-refractivity contribution in [3.8, 4) is 0 Å². The molecule has 0 unspecified atom stereocenters. The maximum Gasteiger partial charge on any atom is 0.234 e. The Morgan fingerprint density at radius 3 is 2.04 bits per heavy atom. The Kier molecular flexibility index (Phi) is 5.10. The van der Waals surface area contributed by atoms with Crippen molar-refractivity contribution in [2.75, 3.05) is 0 Å². The average molecular weight is 419 g/mol. The van der Waals surface area contributed by atoms with Crippen LogP contribution in [-0.4, -0.2) is 10.2 Å². The van der Waals surface area contributed by atoms with Crippen LogP contribution in [0.25, 0.3) is 10.1 Å². The van der Waals surface area contributed by atoms with Gasteiger partial charge in [0.05, 0.1) is 14.0 Å². The van der Waals surface area contributed by atoms with E-state index in [9.17, 15) is 9.59 Å². The van der Waals surface area contributed by atoms with Crippen molar-refractivity contribution in [3.05, 3.63) is 69.0 Å². The minimum Gasteiger partial charge on any atom is -0.280 e. The highest BCUT2D eigenvalue weighted by atomic mass is 32.2. The first-order valence-electron chi connectivity index (χ1n) is 7.25. The molecule has 3 aromatic heterocycles. The fourth-order valence-electron chi connectivity index (χ4n) is 2.23. The Labute approximate surface area is 164 Å². The number of hydrogen-bond donors (Lipinski definition) is 0. The molecule has 0 aliphatic heterocycles. The highest BCUT2D eigenvalue weighted by molar-refractivity contribution is 8.18. The van der Waals surface area contributed by atoms with E-state index < -0.39 is 0 Å². The highest BCUT2D eigenvalue weighted by Gasteiger charge is 2.21. The molecule has 0 spiro atoms. The molecule has 0 fully saturated rings. The second kappa shape index (κ2) is 7.47. The third kappa shape index (κ3) is 3.61. The molecule has 25 heavy (non-hydrogen) atoms. The molecular weight excluding hydrogens is 409 g/mol. The van der Waals surface area contributed by atoms with E-state index in [2.05, 4.69) is 0 Å². The molecule has 0 saturated heterocycles. The Balaban J connectivity index is 1.70. The molecule has 4 aromatic rings. The second-order valence-corrected chi connectivity index (χ2v) is 10.1. The summed E-state index contributed by atoms with van der Waals surface area (Å²) < 4.78 is 1.97. The van der Waals surface area contributed by atoms with Gasteiger partial charge in [0.15, 0.2) is 0 Å². The number of benzene rings is 1. The third-order valence-electron chi connectivity index (χ3n) is 3.34. The van der Waals surface area contributed by atoms with E-state index in [1.54, 1.807) is 11.3 Å². The van der Waals surface area contributed by atoms with Gasteiger partial charge in [-0.05, 0) is 52.5 Å². The summed E-state index contributed by atoms with van der Waals surface area (Å²) in [5, 5.41) is 4.87. The number of fused-ring (bicyclic) bond motifs is 1. The third-order valence-corrected chi connectivity index (χ3v) is 8.89. The minimum atomic E-state index is 0.0176. The molecule has 0 atom stereocenters. The van der Waals surface area contributed by atoms with Gasteiger partial charge in [-0.15, -0.1) is 34.0 Å². The van der Waals surface area contributed by atoms with Crippen molar-refractivity contribution >= 4 is 77.9 Å². The fraction of sp³-hybridized carbons (Fsp3) is 0. The first-order valence-corrected chi connectivity index (χ1v) is 11.5. The summed E-state index contributed by atoms with van der Waals surface area (Å²) in [6, 6.07) is 15.4. The zero-order valence-corrected chi connectivity index (χ0v) is 16.7. The van der Waals surface area contributed by atoms with Crippen LogP contribution in [0.1, 0.15) is 19.3 Å². The smallest absolute Gasteiger partial charge is 0.234 e. The van der Waals surface area contributed by atoms with Crippen LogP contribution in [0.5, 0.6) is 0 Å². The van der Waals surface area contributed by atoms with E-state index in [1.165, 1.54) is 46.2 Å². The molecule has 0 radical (unpaired) electrons. The summed E-state index contributed by atoms with van der Waals surface area (Å²) in [5.74, 6) is 0. The van der Waals surface area contributed by atoms with E-state index in [-0.39, 0.29) is 10.2 Å². The lowest BCUT2D eigenvalue weighted by Gasteiger charge is -2.02. The van der Waals surface area contributed by atoms with Crippen LogP contribution in [0, 0.1) is 0 Å². The van der Waals surface area contributed by atoms with Gasteiger partial charge in [0.25, 0.3) is 0 Å². The summed E-state index contributed by atoms with van der Waals surface area (Å²) in [7, 11) is 0. The first kappa shape index (κ1) is 17.1. The number of hydrogen-bond acceptors (Lipinski definition) is 7. The number of carbonyl (C=O) groups excluding carboxylic acids is 2. The van der Waals surface area contributed by atoms with E-state index in [4.69, 9.17) is 0 Å². The molecule has 0 aliphatic rings. The maximum atomic E-state index is 12.6. The highest BCUT2D eigenvalue weighted by Crippen LogP contribution is 2.45. The lowest BCUT2D eigenvalue weighted by molar-refractivity contribution is 0.108. The van der Waals surface area contributed by atoms with Crippen LogP contribution in [0.3, 0.4) is 0 Å². The van der Waals surface area contributed by atoms with Gasteiger partial charge in [0.1, 0.15) is 0 Å². The molecule has 0 N–H and O–H groups in total. The van der Waals surface area contributed by atoms with Crippen molar-refractivity contribution < 1.29 is 9.59 Å². The minimum absolute atomic E-state index is 0.0176. The van der Waals surface area contributed by atoms with Gasteiger partial charge in [0.2, 0.25) is 10.2 Å². The molecule has 1 aromatic carbocycles. The summed E-state index contributed by atoms with van der Waals surface area (Å²) in [5.41, 5.74) is 0. The quantitative estimate of drug-likeness (QED) is 0.338. The molecule has 4 rings (SSSR count). The lowest BCUT2D eigenvalue weighted by Crippen LogP contribution is -1.91. The van der Waals surface area contributed by atoms with Crippen LogP contribution >= 0.6 is 57.5 Å². The van der Waals surface area contributed by atoms with Gasteiger partial charge in [-0.25, -0.2) is 0 Å². The maximum absolute atomic E-state index is 12.6. The van der Waals surface area contributed by atoms with E-state index in [0.29, 0.717) is 0 Å². The Morgan fingerprint density at radius 1 is 0.760 bits per heavy atom. The van der Waals surface area contributed by atoms with Crippen molar-refractivity contribution in [3.63, 3.8) is 0 Å². The monoisotopic (exact) mass is 418 g/mol. The van der Waals surface area contributed by atoms with E-state index >= 15 is 0 Å².